The number of anilines is 1. The number of carbonyl (C=O) groups is 1. The molecule has 7 nitrogen and oxygen atoms in total. The van der Waals surface area contributed by atoms with Gasteiger partial charge in [0.2, 0.25) is 5.79 Å². The molecule has 0 saturated heterocycles. The van der Waals surface area contributed by atoms with Crippen LogP contribution in [0.25, 0.3) is 0 Å². The lowest BCUT2D eigenvalue weighted by molar-refractivity contribution is -0.0432. The molecule has 2 aromatic rings. The average Bonchev–Trinajstić information content (AvgIpc) is 2.81. The maximum atomic E-state index is 12.8. The predicted octanol–water partition coefficient (Wildman–Crippen LogP) is 2.84. The van der Waals surface area contributed by atoms with E-state index in [2.05, 4.69) is 5.32 Å². The van der Waals surface area contributed by atoms with E-state index in [1.165, 1.54) is 30.3 Å². The topological polar surface area (TPSA) is 93.7 Å². The van der Waals surface area contributed by atoms with Crippen molar-refractivity contribution in [2.24, 2.45) is 0 Å². The minimum absolute atomic E-state index is 0.151. The van der Waals surface area contributed by atoms with Gasteiger partial charge in [-0.25, -0.2) is 22.3 Å². The first-order chi connectivity index (χ1) is 11.6. The van der Waals surface area contributed by atoms with Crippen molar-refractivity contribution in [3.63, 3.8) is 0 Å². The van der Waals surface area contributed by atoms with Gasteiger partial charge in [0.15, 0.2) is 11.5 Å². The van der Waals surface area contributed by atoms with Crippen molar-refractivity contribution in [1.29, 1.82) is 0 Å². The quantitative estimate of drug-likeness (QED) is 0.871. The third-order valence-corrected chi connectivity index (χ3v) is 4.59. The second-order valence-corrected chi connectivity index (χ2v) is 7.46. The molecule has 3 rings (SSSR count). The molecule has 0 aliphatic carbocycles. The molecule has 0 bridgehead atoms. The summed E-state index contributed by atoms with van der Waals surface area (Å²) in [5.41, 5.74) is 0.251. The predicted molar refractivity (Wildman–Crippen MR) is 87.5 cm³/mol. The minimum Gasteiger partial charge on any atom is -0.449 e. The van der Waals surface area contributed by atoms with Crippen LogP contribution in [0.5, 0.6) is 11.5 Å². The SMILES string of the molecule is CC1(C)Oc2ccc(S(=O)(=O)NC(=O)Nc3ccc(F)cc3)cc2O1. The highest BCUT2D eigenvalue weighted by Gasteiger charge is 2.33. The van der Waals surface area contributed by atoms with Gasteiger partial charge in [-0.2, -0.15) is 0 Å². The molecule has 1 aliphatic rings. The Morgan fingerprint density at radius 1 is 1.04 bits per heavy atom. The third kappa shape index (κ3) is 3.82. The van der Waals surface area contributed by atoms with Gasteiger partial charge in [-0.05, 0) is 36.4 Å². The Kier molecular flexibility index (Phi) is 4.03. The van der Waals surface area contributed by atoms with Crippen LogP contribution in [0.15, 0.2) is 47.4 Å². The van der Waals surface area contributed by atoms with Crippen molar-refractivity contribution in [3.8, 4) is 11.5 Å². The number of hydrogen-bond donors (Lipinski definition) is 2. The fourth-order valence-corrected chi connectivity index (χ4v) is 3.16. The van der Waals surface area contributed by atoms with Gasteiger partial charge in [0.1, 0.15) is 5.82 Å². The molecule has 0 radical (unpaired) electrons. The normalized spacial score (nSPS) is 14.8. The number of urea groups is 1. The summed E-state index contributed by atoms with van der Waals surface area (Å²) in [6.07, 6.45) is 0. The summed E-state index contributed by atoms with van der Waals surface area (Å²) in [4.78, 5) is 11.7. The van der Waals surface area contributed by atoms with E-state index >= 15 is 0 Å². The number of amides is 2. The van der Waals surface area contributed by atoms with E-state index in [4.69, 9.17) is 9.47 Å². The smallest absolute Gasteiger partial charge is 0.333 e. The molecule has 2 N–H and O–H groups in total. The number of sulfonamides is 1. The van der Waals surface area contributed by atoms with E-state index in [-0.39, 0.29) is 16.3 Å². The number of nitrogens with one attached hydrogen (secondary N) is 2. The van der Waals surface area contributed by atoms with Gasteiger partial charge in [0.05, 0.1) is 4.90 Å². The van der Waals surface area contributed by atoms with Gasteiger partial charge in [-0.1, -0.05) is 0 Å². The summed E-state index contributed by atoms with van der Waals surface area (Å²) >= 11 is 0. The Labute approximate surface area is 143 Å². The highest BCUT2D eigenvalue weighted by atomic mass is 32.2. The lowest BCUT2D eigenvalue weighted by Gasteiger charge is -2.16. The highest BCUT2D eigenvalue weighted by Crippen LogP contribution is 2.40. The van der Waals surface area contributed by atoms with E-state index in [0.717, 1.165) is 12.1 Å². The standard InChI is InChI=1S/C16H15FN2O5S/c1-16(2)23-13-8-7-12(9-14(13)24-16)25(21,22)19-15(20)18-11-5-3-10(17)4-6-11/h3-9H,1-2H3,(H2,18,19,20). The second kappa shape index (κ2) is 5.92. The molecule has 9 heteroatoms. The maximum Gasteiger partial charge on any atom is 0.333 e. The van der Waals surface area contributed by atoms with E-state index in [0.29, 0.717) is 5.75 Å². The van der Waals surface area contributed by atoms with Crippen LogP contribution in [0.2, 0.25) is 0 Å². The summed E-state index contributed by atoms with van der Waals surface area (Å²) in [5, 5.41) is 2.31. The summed E-state index contributed by atoms with van der Waals surface area (Å²) in [5.74, 6) is -0.675. The largest absolute Gasteiger partial charge is 0.449 e. The Hall–Kier alpha value is -2.81. The zero-order valence-corrected chi connectivity index (χ0v) is 14.2. The maximum absolute atomic E-state index is 12.8. The molecule has 2 aromatic carbocycles. The van der Waals surface area contributed by atoms with Gasteiger partial charge in [0.25, 0.3) is 10.0 Å². The number of fused-ring (bicyclic) bond motifs is 1. The Morgan fingerprint density at radius 2 is 1.68 bits per heavy atom. The molecule has 0 spiro atoms. The van der Waals surface area contributed by atoms with Crippen molar-refractivity contribution in [3.05, 3.63) is 48.3 Å². The third-order valence-electron chi connectivity index (χ3n) is 3.27. The van der Waals surface area contributed by atoms with Crippen LogP contribution in [0.3, 0.4) is 0 Å². The molecule has 25 heavy (non-hydrogen) atoms. The molecule has 2 amide bonds. The molecule has 1 aliphatic heterocycles. The van der Waals surface area contributed by atoms with Gasteiger partial charge < -0.3 is 14.8 Å². The molecule has 0 atom stereocenters. The Morgan fingerprint density at radius 3 is 2.36 bits per heavy atom. The van der Waals surface area contributed by atoms with E-state index in [1.807, 2.05) is 4.72 Å². The zero-order valence-electron chi connectivity index (χ0n) is 13.4. The summed E-state index contributed by atoms with van der Waals surface area (Å²) in [6.45, 7) is 3.38. The lowest BCUT2D eigenvalue weighted by atomic mass is 10.3. The summed E-state index contributed by atoms with van der Waals surface area (Å²) in [7, 11) is -4.12. The first-order valence-electron chi connectivity index (χ1n) is 7.26. The number of carbonyl (C=O) groups excluding carboxylic acids is 1. The minimum atomic E-state index is -4.12. The molecular weight excluding hydrogens is 351 g/mol. The molecule has 0 unspecified atom stereocenters. The summed E-state index contributed by atoms with van der Waals surface area (Å²) < 4.78 is 50.3. The number of ether oxygens (including phenoxy) is 2. The highest BCUT2D eigenvalue weighted by molar-refractivity contribution is 7.90. The van der Waals surface area contributed by atoms with Crippen LogP contribution < -0.4 is 19.5 Å². The van der Waals surface area contributed by atoms with Crippen LogP contribution >= 0.6 is 0 Å². The number of halogens is 1. The molecule has 0 fully saturated rings. The molecule has 0 aromatic heterocycles. The van der Waals surface area contributed by atoms with Crippen LogP contribution in [0.1, 0.15) is 13.8 Å². The number of rotatable bonds is 3. The van der Waals surface area contributed by atoms with Crippen molar-refractivity contribution in [1.82, 2.24) is 4.72 Å². The van der Waals surface area contributed by atoms with E-state index in [1.54, 1.807) is 13.8 Å². The molecule has 0 saturated carbocycles. The fourth-order valence-electron chi connectivity index (χ4n) is 2.24. The van der Waals surface area contributed by atoms with E-state index < -0.39 is 27.7 Å². The van der Waals surface area contributed by atoms with Crippen molar-refractivity contribution in [2.45, 2.75) is 24.5 Å². The van der Waals surface area contributed by atoms with Gasteiger partial charge in [0, 0.05) is 25.6 Å². The van der Waals surface area contributed by atoms with Crippen LogP contribution in [0.4, 0.5) is 14.9 Å². The zero-order chi connectivity index (χ0) is 18.2. The fraction of sp³-hybridized carbons (Fsp3) is 0.188. The Balaban J connectivity index is 1.74. The molecule has 132 valence electrons. The van der Waals surface area contributed by atoms with Crippen LogP contribution in [-0.4, -0.2) is 20.2 Å². The molecular formula is C16H15FN2O5S. The lowest BCUT2D eigenvalue weighted by Crippen LogP contribution is -2.34. The summed E-state index contributed by atoms with van der Waals surface area (Å²) in [6, 6.07) is 7.97. The van der Waals surface area contributed by atoms with Crippen molar-refractivity contribution >= 4 is 21.7 Å². The average molecular weight is 366 g/mol. The van der Waals surface area contributed by atoms with Crippen LogP contribution in [0, 0.1) is 5.82 Å². The first kappa shape index (κ1) is 17.0. The van der Waals surface area contributed by atoms with Crippen molar-refractivity contribution < 1.29 is 27.1 Å². The molecule has 1 heterocycles. The number of benzene rings is 2. The van der Waals surface area contributed by atoms with Gasteiger partial charge >= 0.3 is 6.03 Å². The number of hydrogen-bond acceptors (Lipinski definition) is 5. The van der Waals surface area contributed by atoms with E-state index in [9.17, 15) is 17.6 Å². The van der Waals surface area contributed by atoms with Gasteiger partial charge in [-0.3, -0.25) is 0 Å². The van der Waals surface area contributed by atoms with Gasteiger partial charge in [-0.15, -0.1) is 0 Å². The second-order valence-electron chi connectivity index (χ2n) is 5.78. The Bertz CT molecular complexity index is 926. The van der Waals surface area contributed by atoms with Crippen LogP contribution in [-0.2, 0) is 10.0 Å². The monoisotopic (exact) mass is 366 g/mol. The first-order valence-corrected chi connectivity index (χ1v) is 8.74. The van der Waals surface area contributed by atoms with Crippen molar-refractivity contribution in [2.75, 3.05) is 5.32 Å².